The normalized spacial score (nSPS) is 14.7. The summed E-state index contributed by atoms with van der Waals surface area (Å²) in [5.74, 6) is 0. The zero-order chi connectivity index (χ0) is 34.2. The van der Waals surface area contributed by atoms with Crippen molar-refractivity contribution in [2.24, 2.45) is 0 Å². The summed E-state index contributed by atoms with van der Waals surface area (Å²) in [5.41, 5.74) is 15.7. The molecule has 0 bridgehead atoms. The van der Waals surface area contributed by atoms with Crippen LogP contribution in [0, 0.1) is 0 Å². The molecule has 1 spiro atoms. The van der Waals surface area contributed by atoms with Crippen molar-refractivity contribution in [2.75, 3.05) is 0 Å². The van der Waals surface area contributed by atoms with Crippen molar-refractivity contribution in [3.63, 3.8) is 0 Å². The molecule has 1 aliphatic carbocycles. The Labute approximate surface area is 303 Å². The Morgan fingerprint density at radius 1 is 0.431 bits per heavy atom. The number of rotatable bonds is 3. The highest BCUT2D eigenvalue weighted by atomic mass is 32.2. The Bertz CT molecular complexity index is 2600. The molecule has 0 radical (unpaired) electrons. The number of hydrogen-bond acceptors (Lipinski definition) is 2. The van der Waals surface area contributed by atoms with Crippen LogP contribution in [-0.4, -0.2) is 4.98 Å². The molecule has 242 valence electrons. The molecule has 0 atom stereocenters. The first-order valence-electron chi connectivity index (χ1n) is 17.7. The monoisotopic (exact) mass is 669 g/mol. The third-order valence-electron chi connectivity index (χ3n) is 11.2. The fourth-order valence-corrected chi connectivity index (χ4v) is 10.2. The first kappa shape index (κ1) is 30.2. The Morgan fingerprint density at radius 3 is 1.73 bits per heavy atom. The zero-order valence-electron chi connectivity index (χ0n) is 28.6. The summed E-state index contributed by atoms with van der Waals surface area (Å²) < 4.78 is 0. The number of hydrogen-bond donors (Lipinski definition) is 0. The van der Waals surface area contributed by atoms with E-state index in [-0.39, 0.29) is 5.41 Å². The molecule has 0 saturated carbocycles. The summed E-state index contributed by atoms with van der Waals surface area (Å²) >= 11 is 1.91. The van der Waals surface area contributed by atoms with Gasteiger partial charge in [0.05, 0.1) is 16.6 Å². The van der Waals surface area contributed by atoms with Crippen LogP contribution in [0.4, 0.5) is 0 Å². The van der Waals surface area contributed by atoms with Crippen molar-refractivity contribution >= 4 is 22.7 Å². The molecule has 10 rings (SSSR count). The van der Waals surface area contributed by atoms with Gasteiger partial charge >= 0.3 is 0 Å². The average Bonchev–Trinajstić information content (AvgIpc) is 3.19. The predicted molar refractivity (Wildman–Crippen MR) is 213 cm³/mol. The van der Waals surface area contributed by atoms with Crippen LogP contribution in [0.5, 0.6) is 0 Å². The summed E-state index contributed by atoms with van der Waals surface area (Å²) in [7, 11) is 0. The quantitative estimate of drug-likeness (QED) is 0.186. The lowest BCUT2D eigenvalue weighted by Crippen LogP contribution is -2.43. The molecule has 8 aromatic rings. The van der Waals surface area contributed by atoms with E-state index in [9.17, 15) is 0 Å². The van der Waals surface area contributed by atoms with E-state index in [2.05, 4.69) is 184 Å². The lowest BCUT2D eigenvalue weighted by Gasteiger charge is -2.50. The van der Waals surface area contributed by atoms with Crippen molar-refractivity contribution in [1.29, 1.82) is 0 Å². The highest BCUT2D eigenvalue weighted by Gasteiger charge is 2.52. The van der Waals surface area contributed by atoms with Gasteiger partial charge in [0.2, 0.25) is 0 Å². The van der Waals surface area contributed by atoms with Gasteiger partial charge in [-0.25, -0.2) is 4.98 Å². The minimum atomic E-state index is -0.439. The van der Waals surface area contributed by atoms with Gasteiger partial charge in [0.1, 0.15) is 0 Å². The van der Waals surface area contributed by atoms with Crippen LogP contribution in [0.15, 0.2) is 186 Å². The average molecular weight is 670 g/mol. The Kier molecular flexibility index (Phi) is 6.75. The summed E-state index contributed by atoms with van der Waals surface area (Å²) in [4.78, 5) is 7.72. The van der Waals surface area contributed by atoms with Crippen molar-refractivity contribution in [3.8, 4) is 33.5 Å². The number of benzene rings is 7. The van der Waals surface area contributed by atoms with Crippen molar-refractivity contribution in [3.05, 3.63) is 209 Å². The molecule has 0 saturated heterocycles. The van der Waals surface area contributed by atoms with Gasteiger partial charge in [0.25, 0.3) is 0 Å². The van der Waals surface area contributed by atoms with Crippen LogP contribution in [-0.2, 0) is 10.8 Å². The molecular formula is C49H35NS. The molecule has 2 heterocycles. The minimum Gasteiger partial charge on any atom is -0.248 e. The fraction of sp³-hybridized carbons (Fsp3) is 0.0816. The maximum absolute atomic E-state index is 5.08. The van der Waals surface area contributed by atoms with Crippen LogP contribution in [0.2, 0.25) is 0 Å². The molecule has 0 fully saturated rings. The summed E-state index contributed by atoms with van der Waals surface area (Å²) in [6, 6.07) is 64.8. The number of nitrogens with zero attached hydrogens (tertiary/aromatic N) is 1. The van der Waals surface area contributed by atoms with Gasteiger partial charge < -0.3 is 0 Å². The molecule has 2 heteroatoms. The van der Waals surface area contributed by atoms with E-state index < -0.39 is 5.41 Å². The van der Waals surface area contributed by atoms with Crippen molar-refractivity contribution in [1.82, 2.24) is 4.98 Å². The molecule has 0 N–H and O–H groups in total. The van der Waals surface area contributed by atoms with Gasteiger partial charge in [-0.1, -0.05) is 177 Å². The lowest BCUT2D eigenvalue weighted by molar-refractivity contribution is 0.549. The Hall–Kier alpha value is -5.70. The number of pyridine rings is 1. The SMILES string of the molecule is CC1(C)c2ccccc2C2(c3ccccc3Sc3c(-c4cccc(-c5cccc6nc(-c7ccccc7)ccc56)c4)cccc32)c2ccccc21. The first-order valence-corrected chi connectivity index (χ1v) is 18.5. The largest absolute Gasteiger partial charge is 0.248 e. The number of fused-ring (bicyclic) bond motifs is 9. The molecule has 7 aromatic carbocycles. The number of aromatic nitrogens is 1. The second kappa shape index (κ2) is 11.4. The molecule has 1 aliphatic heterocycles. The van der Waals surface area contributed by atoms with E-state index in [1.165, 1.54) is 65.4 Å². The highest BCUT2D eigenvalue weighted by Crippen LogP contribution is 2.62. The molecule has 51 heavy (non-hydrogen) atoms. The molecule has 1 nitrogen and oxygen atoms in total. The lowest BCUT2D eigenvalue weighted by atomic mass is 9.54. The van der Waals surface area contributed by atoms with E-state index >= 15 is 0 Å². The first-order chi connectivity index (χ1) is 25.0. The molecule has 1 aromatic heterocycles. The van der Waals surface area contributed by atoms with Crippen LogP contribution in [0.3, 0.4) is 0 Å². The predicted octanol–water partition coefficient (Wildman–Crippen LogP) is 12.7. The maximum atomic E-state index is 5.08. The summed E-state index contributed by atoms with van der Waals surface area (Å²) in [5, 5.41) is 1.16. The van der Waals surface area contributed by atoms with Gasteiger partial charge in [-0.2, -0.15) is 0 Å². The smallest absolute Gasteiger partial charge is 0.0729 e. The highest BCUT2D eigenvalue weighted by molar-refractivity contribution is 7.99. The van der Waals surface area contributed by atoms with E-state index in [1.54, 1.807) is 0 Å². The van der Waals surface area contributed by atoms with Gasteiger partial charge in [0, 0.05) is 26.2 Å². The van der Waals surface area contributed by atoms with Gasteiger partial charge in [-0.3, -0.25) is 0 Å². The molecule has 0 amide bonds. The van der Waals surface area contributed by atoms with Crippen LogP contribution >= 0.6 is 11.8 Å². The summed E-state index contributed by atoms with van der Waals surface area (Å²) in [6.45, 7) is 4.77. The second-order valence-electron chi connectivity index (χ2n) is 14.3. The topological polar surface area (TPSA) is 12.9 Å². The molecular weight excluding hydrogens is 635 g/mol. The zero-order valence-corrected chi connectivity index (χ0v) is 29.4. The molecule has 2 aliphatic rings. The minimum absolute atomic E-state index is 0.126. The third-order valence-corrected chi connectivity index (χ3v) is 12.4. The fourth-order valence-electron chi connectivity index (χ4n) is 8.90. The van der Waals surface area contributed by atoms with Crippen LogP contribution in [0.1, 0.15) is 47.2 Å². The van der Waals surface area contributed by atoms with Crippen LogP contribution < -0.4 is 0 Å². The third kappa shape index (κ3) is 4.39. The van der Waals surface area contributed by atoms with Crippen LogP contribution in [0.25, 0.3) is 44.4 Å². The maximum Gasteiger partial charge on any atom is 0.0729 e. The van der Waals surface area contributed by atoms with Gasteiger partial charge in [-0.15, -0.1) is 0 Å². The van der Waals surface area contributed by atoms with Crippen molar-refractivity contribution < 1.29 is 0 Å². The van der Waals surface area contributed by atoms with E-state index in [1.807, 2.05) is 17.8 Å². The van der Waals surface area contributed by atoms with Gasteiger partial charge in [-0.05, 0) is 79.9 Å². The second-order valence-corrected chi connectivity index (χ2v) is 15.3. The Morgan fingerprint density at radius 2 is 0.980 bits per heavy atom. The van der Waals surface area contributed by atoms with E-state index in [4.69, 9.17) is 4.98 Å². The standard InChI is InChI=1S/C49H35NS/c1-48(2)38-21-6-8-23-40(38)49(41-24-9-7-22-39(41)48)42-25-10-11-28-46(42)51-47-36(20-13-26-43(47)49)34-18-12-17-33(31-34)35-19-14-27-45-37(35)29-30-44(50-45)32-15-4-3-5-16-32/h3-31H,1-2H3. The van der Waals surface area contributed by atoms with E-state index in [0.717, 1.165) is 22.2 Å². The van der Waals surface area contributed by atoms with E-state index in [0.29, 0.717) is 0 Å². The summed E-state index contributed by atoms with van der Waals surface area (Å²) in [6.07, 6.45) is 0. The van der Waals surface area contributed by atoms with Gasteiger partial charge in [0.15, 0.2) is 0 Å². The Balaban J connectivity index is 1.18. The van der Waals surface area contributed by atoms with Crippen molar-refractivity contribution in [2.45, 2.75) is 34.5 Å². The molecule has 0 unspecified atom stereocenters.